The van der Waals surface area contributed by atoms with Crippen molar-refractivity contribution in [2.75, 3.05) is 6.61 Å². The number of benzene rings is 1. The fraction of sp³-hybridized carbons (Fsp3) is 0.333. The number of rotatable bonds is 6. The Morgan fingerprint density at radius 1 is 1.40 bits per heavy atom. The molecule has 0 aliphatic heterocycles. The molecule has 2 aromatic rings. The van der Waals surface area contributed by atoms with E-state index in [2.05, 4.69) is 4.98 Å². The van der Waals surface area contributed by atoms with Crippen molar-refractivity contribution < 1.29 is 27.6 Å². The highest BCUT2D eigenvalue weighted by Crippen LogP contribution is 2.34. The third-order valence-electron chi connectivity index (χ3n) is 3.33. The summed E-state index contributed by atoms with van der Waals surface area (Å²) < 4.78 is 44.4. The molecule has 2 rings (SSSR count). The highest BCUT2D eigenvalue weighted by molar-refractivity contribution is 5.69. The van der Waals surface area contributed by atoms with Crippen molar-refractivity contribution in [2.24, 2.45) is 0 Å². The number of imidazole rings is 1. The van der Waals surface area contributed by atoms with Crippen LogP contribution >= 0.6 is 0 Å². The van der Waals surface area contributed by atoms with Gasteiger partial charge in [-0.3, -0.25) is 19.5 Å². The fourth-order valence-corrected chi connectivity index (χ4v) is 2.24. The number of aryl methyl sites for hydroxylation is 1. The van der Waals surface area contributed by atoms with Crippen molar-refractivity contribution in [3.8, 4) is 5.69 Å². The molecule has 0 radical (unpaired) electrons. The lowest BCUT2D eigenvalue weighted by molar-refractivity contribution is -0.384. The number of hydrogen-bond acceptors (Lipinski definition) is 5. The number of carbonyl (C=O) groups excluding carboxylic acids is 1. The number of esters is 1. The number of nitro groups is 1. The number of ether oxygens (including phenoxy) is 1. The van der Waals surface area contributed by atoms with Crippen LogP contribution in [0.5, 0.6) is 0 Å². The summed E-state index contributed by atoms with van der Waals surface area (Å²) in [7, 11) is 0. The number of halogens is 3. The molecular formula is C15H14F3N3O4. The van der Waals surface area contributed by atoms with Gasteiger partial charge in [0.15, 0.2) is 0 Å². The summed E-state index contributed by atoms with van der Waals surface area (Å²) >= 11 is 0. The predicted octanol–water partition coefficient (Wildman–Crippen LogP) is 3.30. The molecule has 1 aromatic carbocycles. The van der Waals surface area contributed by atoms with E-state index in [0.29, 0.717) is 11.9 Å². The topological polar surface area (TPSA) is 87.3 Å². The van der Waals surface area contributed by atoms with Crippen LogP contribution in [0, 0.1) is 10.1 Å². The van der Waals surface area contributed by atoms with Crippen molar-refractivity contribution in [1.82, 2.24) is 9.55 Å². The molecule has 7 nitrogen and oxygen atoms in total. The summed E-state index contributed by atoms with van der Waals surface area (Å²) in [6.45, 7) is 1.88. The molecule has 0 spiro atoms. The number of aromatic nitrogens is 2. The highest BCUT2D eigenvalue weighted by atomic mass is 19.4. The van der Waals surface area contributed by atoms with Crippen molar-refractivity contribution in [3.05, 3.63) is 52.1 Å². The summed E-state index contributed by atoms with van der Waals surface area (Å²) in [5.41, 5.74) is -1.88. The van der Waals surface area contributed by atoms with Crippen LogP contribution in [-0.2, 0) is 22.1 Å². The standard InChI is InChI=1S/C15H14F3N3O4/c1-2-25-14(22)6-5-13-19-7-8-20(13)11-4-3-10(15(16,17)18)9-12(11)21(23)24/h3-4,7-9H,2,5-6H2,1H3. The maximum absolute atomic E-state index is 12.8. The first-order valence-corrected chi connectivity index (χ1v) is 7.28. The summed E-state index contributed by atoms with van der Waals surface area (Å²) in [4.78, 5) is 25.7. The number of nitrogens with zero attached hydrogens (tertiary/aromatic N) is 3. The van der Waals surface area contributed by atoms with Gasteiger partial charge in [-0.05, 0) is 19.1 Å². The SMILES string of the molecule is CCOC(=O)CCc1nccn1-c1ccc(C(F)(F)F)cc1[N+](=O)[O-]. The van der Waals surface area contributed by atoms with Gasteiger partial charge in [0.05, 0.1) is 23.5 Å². The zero-order valence-corrected chi connectivity index (χ0v) is 13.1. The maximum atomic E-state index is 12.8. The minimum atomic E-state index is -4.69. The summed E-state index contributed by atoms with van der Waals surface area (Å²) in [6.07, 6.45) is -1.83. The lowest BCUT2D eigenvalue weighted by Gasteiger charge is -2.11. The Morgan fingerprint density at radius 3 is 2.72 bits per heavy atom. The van der Waals surface area contributed by atoms with Crippen LogP contribution in [0.3, 0.4) is 0 Å². The van der Waals surface area contributed by atoms with Crippen LogP contribution in [0.25, 0.3) is 5.69 Å². The normalized spacial score (nSPS) is 11.4. The van der Waals surface area contributed by atoms with Crippen LogP contribution in [0.4, 0.5) is 18.9 Å². The first-order chi connectivity index (χ1) is 11.7. The maximum Gasteiger partial charge on any atom is 0.416 e. The second kappa shape index (κ2) is 7.32. The molecule has 0 saturated heterocycles. The molecule has 0 aliphatic rings. The molecule has 0 unspecified atom stereocenters. The van der Waals surface area contributed by atoms with Crippen molar-refractivity contribution in [2.45, 2.75) is 25.9 Å². The molecule has 1 heterocycles. The zero-order valence-electron chi connectivity index (χ0n) is 13.1. The third kappa shape index (κ3) is 4.34. The predicted molar refractivity (Wildman–Crippen MR) is 80.2 cm³/mol. The molecule has 25 heavy (non-hydrogen) atoms. The molecule has 0 N–H and O–H groups in total. The van der Waals surface area contributed by atoms with E-state index in [1.165, 1.54) is 17.0 Å². The first-order valence-electron chi connectivity index (χ1n) is 7.28. The van der Waals surface area contributed by atoms with Crippen LogP contribution in [0.1, 0.15) is 24.7 Å². The van der Waals surface area contributed by atoms with Crippen molar-refractivity contribution in [1.29, 1.82) is 0 Å². The fourth-order valence-electron chi connectivity index (χ4n) is 2.24. The molecule has 0 saturated carbocycles. The number of alkyl halides is 3. The van der Waals surface area contributed by atoms with Gasteiger partial charge in [-0.15, -0.1) is 0 Å². The lowest BCUT2D eigenvalue weighted by atomic mass is 10.1. The summed E-state index contributed by atoms with van der Waals surface area (Å²) in [5.74, 6) is -0.158. The van der Waals surface area contributed by atoms with Crippen LogP contribution in [0.2, 0.25) is 0 Å². The smallest absolute Gasteiger partial charge is 0.416 e. The van der Waals surface area contributed by atoms with Crippen LogP contribution in [-0.4, -0.2) is 27.1 Å². The Balaban J connectivity index is 2.38. The van der Waals surface area contributed by atoms with Gasteiger partial charge in [0.2, 0.25) is 0 Å². The third-order valence-corrected chi connectivity index (χ3v) is 3.33. The van der Waals surface area contributed by atoms with Gasteiger partial charge in [-0.2, -0.15) is 13.2 Å². The molecule has 0 bridgehead atoms. The Labute approximate surface area is 140 Å². The van der Waals surface area contributed by atoms with E-state index >= 15 is 0 Å². The lowest BCUT2D eigenvalue weighted by Crippen LogP contribution is -2.10. The average molecular weight is 357 g/mol. The van der Waals surface area contributed by atoms with Gasteiger partial charge in [0, 0.05) is 24.9 Å². The molecule has 0 amide bonds. The Morgan fingerprint density at radius 2 is 2.12 bits per heavy atom. The van der Waals surface area contributed by atoms with E-state index in [4.69, 9.17) is 4.74 Å². The van der Waals surface area contributed by atoms with E-state index in [1.807, 2.05) is 0 Å². The molecule has 10 heteroatoms. The molecule has 0 aliphatic carbocycles. The molecule has 134 valence electrons. The Kier molecular flexibility index (Phi) is 5.40. The monoisotopic (exact) mass is 357 g/mol. The van der Waals surface area contributed by atoms with Gasteiger partial charge in [-0.1, -0.05) is 0 Å². The van der Waals surface area contributed by atoms with Crippen LogP contribution < -0.4 is 0 Å². The van der Waals surface area contributed by atoms with Gasteiger partial charge >= 0.3 is 12.1 Å². The van der Waals surface area contributed by atoms with E-state index in [1.54, 1.807) is 6.92 Å². The van der Waals surface area contributed by atoms with Gasteiger partial charge < -0.3 is 4.74 Å². The number of nitro benzene ring substituents is 1. The highest BCUT2D eigenvalue weighted by Gasteiger charge is 2.33. The minimum Gasteiger partial charge on any atom is -0.466 e. The molecule has 1 aromatic heterocycles. The largest absolute Gasteiger partial charge is 0.466 e. The van der Waals surface area contributed by atoms with Crippen LogP contribution in [0.15, 0.2) is 30.6 Å². The second-order valence-corrected chi connectivity index (χ2v) is 4.98. The van der Waals surface area contributed by atoms with E-state index in [0.717, 1.165) is 12.1 Å². The summed E-state index contributed by atoms with van der Waals surface area (Å²) in [5, 5.41) is 11.2. The van der Waals surface area contributed by atoms with E-state index in [-0.39, 0.29) is 25.1 Å². The van der Waals surface area contributed by atoms with Gasteiger partial charge in [-0.25, -0.2) is 4.98 Å². The molecule has 0 atom stereocenters. The van der Waals surface area contributed by atoms with E-state index in [9.17, 15) is 28.1 Å². The van der Waals surface area contributed by atoms with Gasteiger partial charge in [0.1, 0.15) is 11.5 Å². The second-order valence-electron chi connectivity index (χ2n) is 4.98. The summed E-state index contributed by atoms with van der Waals surface area (Å²) in [6, 6.07) is 2.25. The first kappa shape index (κ1) is 18.4. The van der Waals surface area contributed by atoms with Crippen molar-refractivity contribution in [3.63, 3.8) is 0 Å². The number of carbonyl (C=O) groups is 1. The number of hydrogen-bond donors (Lipinski definition) is 0. The Hall–Kier alpha value is -2.91. The zero-order chi connectivity index (χ0) is 18.6. The van der Waals surface area contributed by atoms with Crippen molar-refractivity contribution >= 4 is 11.7 Å². The minimum absolute atomic E-state index is 0.000709. The molecular weight excluding hydrogens is 343 g/mol. The quantitative estimate of drug-likeness (QED) is 0.450. The average Bonchev–Trinajstić information content (AvgIpc) is 3.00. The Bertz CT molecular complexity index is 787. The van der Waals surface area contributed by atoms with Gasteiger partial charge in [0.25, 0.3) is 5.69 Å². The molecule has 0 fully saturated rings. The van der Waals surface area contributed by atoms with E-state index < -0.39 is 28.3 Å².